The van der Waals surface area contributed by atoms with Crippen molar-refractivity contribution in [3.05, 3.63) is 94.0 Å². The fraction of sp³-hybridized carbons (Fsp3) is 0.375. The molecule has 230 valence electrons. The summed E-state index contributed by atoms with van der Waals surface area (Å²) in [6.07, 6.45) is 6.24. The van der Waals surface area contributed by atoms with Crippen molar-refractivity contribution in [2.75, 3.05) is 24.2 Å². The molecule has 0 heterocycles. The highest BCUT2D eigenvalue weighted by atomic mass is 35.5. The first-order valence-corrected chi connectivity index (χ1v) is 16.8. The first-order valence-electron chi connectivity index (χ1n) is 14.2. The molecule has 4 rings (SSSR count). The van der Waals surface area contributed by atoms with Crippen LogP contribution in [0.2, 0.25) is 10.0 Å². The summed E-state index contributed by atoms with van der Waals surface area (Å²) in [5, 5.41) is 3.60. The van der Waals surface area contributed by atoms with Gasteiger partial charge in [-0.1, -0.05) is 84.9 Å². The predicted molar refractivity (Wildman–Crippen MR) is 171 cm³/mol. The molecule has 1 saturated carbocycles. The minimum Gasteiger partial charge on any atom is -0.497 e. The van der Waals surface area contributed by atoms with Gasteiger partial charge in [0, 0.05) is 19.0 Å². The van der Waals surface area contributed by atoms with Crippen LogP contribution in [0.15, 0.2) is 72.8 Å². The number of rotatable bonds is 12. The average Bonchev–Trinajstić information content (AvgIpc) is 2.99. The molecule has 1 aliphatic carbocycles. The van der Waals surface area contributed by atoms with E-state index in [1.165, 1.54) is 23.1 Å². The summed E-state index contributed by atoms with van der Waals surface area (Å²) in [6.45, 7) is -0.479. The molecular formula is C32H37Cl2N3O5S. The Hall–Kier alpha value is -3.27. The first-order chi connectivity index (χ1) is 20.5. The molecule has 0 saturated heterocycles. The minimum absolute atomic E-state index is 0.0250. The van der Waals surface area contributed by atoms with Gasteiger partial charge < -0.3 is 15.0 Å². The van der Waals surface area contributed by atoms with Crippen LogP contribution in [-0.2, 0) is 32.6 Å². The number of ether oxygens (including phenoxy) is 1. The van der Waals surface area contributed by atoms with Gasteiger partial charge in [-0.15, -0.1) is 0 Å². The molecule has 0 aromatic heterocycles. The number of benzene rings is 3. The standard InChI is InChI=1S/C32H37Cl2N3O5S/c1-42-27-15-9-12-24(18-27)21-36(31(38)22-37(43(2,40)41)26-16-17-28(33)29(34)20-26)30(19-23-10-5-3-6-11-23)32(39)35-25-13-7-4-8-14-25/h3,5-6,9-12,15-18,20,25,30H,4,7-8,13-14,19,21-22H2,1-2H3,(H,35,39). The second-order valence-electron chi connectivity index (χ2n) is 10.8. The third kappa shape index (κ3) is 9.11. The Morgan fingerprint density at radius 1 is 0.930 bits per heavy atom. The van der Waals surface area contributed by atoms with Crippen molar-refractivity contribution in [2.24, 2.45) is 0 Å². The number of amides is 2. The molecule has 0 radical (unpaired) electrons. The predicted octanol–water partition coefficient (Wildman–Crippen LogP) is 5.86. The van der Waals surface area contributed by atoms with Crippen LogP contribution in [0.5, 0.6) is 5.75 Å². The van der Waals surface area contributed by atoms with Crippen LogP contribution in [0.3, 0.4) is 0 Å². The van der Waals surface area contributed by atoms with Crippen molar-refractivity contribution < 1.29 is 22.7 Å². The van der Waals surface area contributed by atoms with Crippen LogP contribution in [0, 0.1) is 0 Å². The number of hydrogen-bond donors (Lipinski definition) is 1. The maximum absolute atomic E-state index is 14.3. The molecule has 0 spiro atoms. The average molecular weight is 647 g/mol. The topological polar surface area (TPSA) is 96.0 Å². The van der Waals surface area contributed by atoms with E-state index < -0.39 is 28.5 Å². The summed E-state index contributed by atoms with van der Waals surface area (Å²) in [7, 11) is -2.37. The summed E-state index contributed by atoms with van der Waals surface area (Å²) >= 11 is 12.3. The molecule has 0 aliphatic heterocycles. The number of sulfonamides is 1. The molecule has 0 bridgehead atoms. The zero-order valence-electron chi connectivity index (χ0n) is 24.3. The molecule has 8 nitrogen and oxygen atoms in total. The highest BCUT2D eigenvalue weighted by Gasteiger charge is 2.34. The maximum Gasteiger partial charge on any atom is 0.244 e. The van der Waals surface area contributed by atoms with Crippen molar-refractivity contribution >= 4 is 50.7 Å². The number of carbonyl (C=O) groups excluding carboxylic acids is 2. The summed E-state index contributed by atoms with van der Waals surface area (Å²) < 4.78 is 32.3. The van der Waals surface area contributed by atoms with E-state index in [-0.39, 0.29) is 40.6 Å². The Morgan fingerprint density at radius 2 is 1.63 bits per heavy atom. The molecule has 1 fully saturated rings. The Morgan fingerprint density at radius 3 is 2.28 bits per heavy atom. The quantitative estimate of drug-likeness (QED) is 0.266. The van der Waals surface area contributed by atoms with Crippen molar-refractivity contribution in [1.82, 2.24) is 10.2 Å². The molecule has 1 N–H and O–H groups in total. The second-order valence-corrected chi connectivity index (χ2v) is 13.5. The van der Waals surface area contributed by atoms with E-state index in [9.17, 15) is 18.0 Å². The van der Waals surface area contributed by atoms with E-state index in [0.717, 1.165) is 53.8 Å². The third-order valence-electron chi connectivity index (χ3n) is 7.58. The number of halogens is 2. The summed E-state index contributed by atoms with van der Waals surface area (Å²) in [6, 6.07) is 20.2. The Bertz CT molecular complexity index is 1510. The molecular weight excluding hydrogens is 609 g/mol. The van der Waals surface area contributed by atoms with Crippen molar-refractivity contribution in [3.63, 3.8) is 0 Å². The number of nitrogens with one attached hydrogen (secondary N) is 1. The molecule has 1 aliphatic rings. The van der Waals surface area contributed by atoms with Gasteiger partial charge in [0.2, 0.25) is 21.8 Å². The van der Waals surface area contributed by atoms with Gasteiger partial charge in [0.1, 0.15) is 18.3 Å². The number of methoxy groups -OCH3 is 1. The van der Waals surface area contributed by atoms with Crippen LogP contribution < -0.4 is 14.4 Å². The van der Waals surface area contributed by atoms with Gasteiger partial charge in [-0.3, -0.25) is 13.9 Å². The van der Waals surface area contributed by atoms with E-state index in [0.29, 0.717) is 5.75 Å². The molecule has 2 amide bonds. The lowest BCUT2D eigenvalue weighted by Crippen LogP contribution is -2.55. The van der Waals surface area contributed by atoms with Crippen LogP contribution in [0.25, 0.3) is 0 Å². The van der Waals surface area contributed by atoms with E-state index in [1.54, 1.807) is 19.2 Å². The van der Waals surface area contributed by atoms with Crippen molar-refractivity contribution in [2.45, 2.75) is 57.2 Å². The lowest BCUT2D eigenvalue weighted by molar-refractivity contribution is -0.140. The SMILES string of the molecule is COc1cccc(CN(C(=O)CN(c2ccc(Cl)c(Cl)c2)S(C)(=O)=O)C(Cc2ccccc2)C(=O)NC2CCCCC2)c1. The van der Waals surface area contributed by atoms with E-state index >= 15 is 0 Å². The minimum atomic E-state index is -3.92. The fourth-order valence-corrected chi connectivity index (χ4v) is 6.45. The van der Waals surface area contributed by atoms with Crippen molar-refractivity contribution in [3.8, 4) is 5.75 Å². The first kappa shape index (κ1) is 32.6. The van der Waals surface area contributed by atoms with Gasteiger partial charge in [-0.05, 0) is 54.3 Å². The number of nitrogens with zero attached hydrogens (tertiary/aromatic N) is 2. The van der Waals surface area contributed by atoms with Crippen LogP contribution in [-0.4, -0.2) is 57.1 Å². The Labute approximate surface area is 264 Å². The van der Waals surface area contributed by atoms with Gasteiger partial charge in [0.15, 0.2) is 0 Å². The molecule has 1 atom stereocenters. The zero-order chi connectivity index (χ0) is 31.0. The molecule has 11 heteroatoms. The van der Waals surface area contributed by atoms with Crippen molar-refractivity contribution in [1.29, 1.82) is 0 Å². The molecule has 1 unspecified atom stereocenters. The highest BCUT2D eigenvalue weighted by Crippen LogP contribution is 2.29. The second kappa shape index (κ2) is 14.9. The normalized spacial score (nSPS) is 14.5. The Balaban J connectivity index is 1.74. The molecule has 3 aromatic rings. The van der Waals surface area contributed by atoms with Gasteiger partial charge in [0.25, 0.3) is 0 Å². The third-order valence-corrected chi connectivity index (χ3v) is 9.46. The summed E-state index contributed by atoms with van der Waals surface area (Å²) in [4.78, 5) is 29.7. The highest BCUT2D eigenvalue weighted by molar-refractivity contribution is 7.92. The van der Waals surface area contributed by atoms with Crippen LogP contribution in [0.1, 0.15) is 43.2 Å². The zero-order valence-corrected chi connectivity index (χ0v) is 26.7. The van der Waals surface area contributed by atoms with E-state index in [4.69, 9.17) is 27.9 Å². The number of hydrogen-bond acceptors (Lipinski definition) is 5. The maximum atomic E-state index is 14.3. The van der Waals surface area contributed by atoms with Crippen LogP contribution in [0.4, 0.5) is 5.69 Å². The van der Waals surface area contributed by atoms with Crippen LogP contribution >= 0.6 is 23.2 Å². The fourth-order valence-electron chi connectivity index (χ4n) is 5.32. The van der Waals surface area contributed by atoms with Gasteiger partial charge in [0.05, 0.1) is 29.1 Å². The number of anilines is 1. The number of carbonyl (C=O) groups is 2. The largest absolute Gasteiger partial charge is 0.497 e. The smallest absolute Gasteiger partial charge is 0.244 e. The van der Waals surface area contributed by atoms with Gasteiger partial charge in [-0.2, -0.15) is 0 Å². The molecule has 43 heavy (non-hydrogen) atoms. The Kier molecular flexibility index (Phi) is 11.3. The molecule has 3 aromatic carbocycles. The monoisotopic (exact) mass is 645 g/mol. The van der Waals surface area contributed by atoms with E-state index in [2.05, 4.69) is 5.32 Å². The van der Waals surface area contributed by atoms with Gasteiger partial charge >= 0.3 is 0 Å². The lowest BCUT2D eigenvalue weighted by Gasteiger charge is -2.35. The van der Waals surface area contributed by atoms with E-state index in [1.807, 2.05) is 42.5 Å². The lowest BCUT2D eigenvalue weighted by atomic mass is 9.94. The van der Waals surface area contributed by atoms with Gasteiger partial charge in [-0.25, -0.2) is 8.42 Å². The summed E-state index contributed by atoms with van der Waals surface area (Å²) in [5.74, 6) is -0.212. The summed E-state index contributed by atoms with van der Waals surface area (Å²) in [5.41, 5.74) is 1.80.